The fraction of sp³-hybridized carbons (Fsp3) is 0.522. The summed E-state index contributed by atoms with van der Waals surface area (Å²) >= 11 is 6.37. The van der Waals surface area contributed by atoms with Crippen molar-refractivity contribution in [3.05, 3.63) is 46.4 Å². The van der Waals surface area contributed by atoms with E-state index in [1.54, 1.807) is 25.2 Å². The molecule has 0 radical (unpaired) electrons. The molecule has 0 unspecified atom stereocenters. The molecule has 0 bridgehead atoms. The zero-order valence-corrected chi connectivity index (χ0v) is 18.8. The third-order valence-electron chi connectivity index (χ3n) is 6.44. The van der Waals surface area contributed by atoms with Crippen molar-refractivity contribution in [2.24, 2.45) is 23.7 Å². The van der Waals surface area contributed by atoms with Gasteiger partial charge in [0.15, 0.2) is 11.4 Å². The number of halogens is 1. The van der Waals surface area contributed by atoms with E-state index in [4.69, 9.17) is 21.1 Å². The van der Waals surface area contributed by atoms with E-state index < -0.39 is 53.1 Å². The molecule has 1 fully saturated rings. The molecule has 31 heavy (non-hydrogen) atoms. The van der Waals surface area contributed by atoms with Gasteiger partial charge in [-0.1, -0.05) is 31.5 Å². The second kappa shape index (κ2) is 8.37. The molecule has 0 saturated carbocycles. The van der Waals surface area contributed by atoms with E-state index in [1.165, 1.54) is 27.0 Å². The number of aliphatic hydroxyl groups is 2. The number of ether oxygens (including phenoxy) is 2. The Morgan fingerprint density at radius 1 is 1.19 bits per heavy atom. The summed E-state index contributed by atoms with van der Waals surface area (Å²) in [7, 11) is 0. The molecule has 0 aromatic rings. The van der Waals surface area contributed by atoms with Gasteiger partial charge in [-0.2, -0.15) is 0 Å². The van der Waals surface area contributed by atoms with Crippen LogP contribution in [0, 0.1) is 23.7 Å². The van der Waals surface area contributed by atoms with Crippen molar-refractivity contribution < 1.29 is 34.1 Å². The fourth-order valence-corrected chi connectivity index (χ4v) is 4.33. The third-order valence-corrected chi connectivity index (χ3v) is 6.81. The molecular formula is C23H27ClO7. The monoisotopic (exact) mass is 450 g/mol. The number of esters is 1. The van der Waals surface area contributed by atoms with E-state index >= 15 is 0 Å². The minimum absolute atomic E-state index is 0.104. The van der Waals surface area contributed by atoms with Crippen molar-refractivity contribution in [3.63, 3.8) is 0 Å². The van der Waals surface area contributed by atoms with Crippen LogP contribution in [0.5, 0.6) is 0 Å². The molecule has 0 aromatic heterocycles. The molecule has 0 aromatic carbocycles. The zero-order valence-electron chi connectivity index (χ0n) is 18.1. The summed E-state index contributed by atoms with van der Waals surface area (Å²) in [5.41, 5.74) is -0.839. The minimum Gasteiger partial charge on any atom is -0.465 e. The van der Waals surface area contributed by atoms with Gasteiger partial charge in [-0.15, -0.1) is 0 Å². The first-order valence-corrected chi connectivity index (χ1v) is 10.6. The summed E-state index contributed by atoms with van der Waals surface area (Å²) in [5, 5.41) is 19.4. The van der Waals surface area contributed by atoms with Crippen LogP contribution in [0.2, 0.25) is 0 Å². The van der Waals surface area contributed by atoms with Crippen LogP contribution in [0.4, 0.5) is 0 Å². The molecule has 7 nitrogen and oxygen atoms in total. The molecule has 1 saturated heterocycles. The Labute approximate surface area is 186 Å². The first-order valence-electron chi connectivity index (χ1n) is 10.2. The number of rotatable bonds is 6. The van der Waals surface area contributed by atoms with Gasteiger partial charge >= 0.3 is 5.97 Å². The van der Waals surface area contributed by atoms with E-state index in [-0.39, 0.29) is 11.0 Å². The molecule has 168 valence electrons. The number of allylic oxidation sites excluding steroid dienone is 3. The van der Waals surface area contributed by atoms with Crippen LogP contribution in [0.3, 0.4) is 0 Å². The predicted molar refractivity (Wildman–Crippen MR) is 112 cm³/mol. The lowest BCUT2D eigenvalue weighted by molar-refractivity contribution is -0.157. The van der Waals surface area contributed by atoms with Gasteiger partial charge in [-0.3, -0.25) is 14.4 Å². The Kier molecular flexibility index (Phi) is 6.33. The molecular weight excluding hydrogens is 424 g/mol. The van der Waals surface area contributed by atoms with Crippen LogP contribution >= 0.6 is 11.6 Å². The van der Waals surface area contributed by atoms with Gasteiger partial charge in [0, 0.05) is 23.0 Å². The molecule has 3 rings (SSSR count). The van der Waals surface area contributed by atoms with Gasteiger partial charge in [0.1, 0.15) is 11.7 Å². The normalized spacial score (nSPS) is 31.7. The maximum Gasteiger partial charge on any atom is 0.318 e. The van der Waals surface area contributed by atoms with Gasteiger partial charge in [0.25, 0.3) is 0 Å². The molecule has 0 spiro atoms. The SMILES string of the molecule is C[C@H](O)[C@H](C)C(=O)[C@@H]1C(=O)O[C@@]2(C)C(=O)C(Cl)=C3C=C(/C=C/[C@@H](C)[C@@H](C)O)OC=C3[C@H]12. The number of ketones is 2. The number of hydrogen-bond acceptors (Lipinski definition) is 7. The van der Waals surface area contributed by atoms with Gasteiger partial charge in [-0.25, -0.2) is 0 Å². The lowest BCUT2D eigenvalue weighted by Gasteiger charge is -2.37. The highest BCUT2D eigenvalue weighted by Crippen LogP contribution is 2.52. The van der Waals surface area contributed by atoms with Gasteiger partial charge in [0.2, 0.25) is 5.78 Å². The molecule has 2 heterocycles. The fourth-order valence-electron chi connectivity index (χ4n) is 3.98. The van der Waals surface area contributed by atoms with Crippen LogP contribution in [0.25, 0.3) is 0 Å². The molecule has 1 aliphatic carbocycles. The maximum atomic E-state index is 13.1. The average Bonchev–Trinajstić information content (AvgIpc) is 3.00. The lowest BCUT2D eigenvalue weighted by atomic mass is 9.66. The van der Waals surface area contributed by atoms with E-state index in [1.807, 2.05) is 6.92 Å². The smallest absolute Gasteiger partial charge is 0.318 e. The van der Waals surface area contributed by atoms with Gasteiger partial charge < -0.3 is 19.7 Å². The number of carbonyl (C=O) groups is 3. The number of fused-ring (bicyclic) bond motifs is 3. The Hall–Kier alpha value is -2.22. The quantitative estimate of drug-likeness (QED) is 0.472. The number of hydrogen-bond donors (Lipinski definition) is 2. The van der Waals surface area contributed by atoms with Crippen molar-refractivity contribution in [1.29, 1.82) is 0 Å². The maximum absolute atomic E-state index is 13.1. The van der Waals surface area contributed by atoms with Crippen LogP contribution in [-0.2, 0) is 23.9 Å². The predicted octanol–water partition coefficient (Wildman–Crippen LogP) is 2.57. The number of carbonyl (C=O) groups excluding carboxylic acids is 3. The first kappa shape index (κ1) is 23.4. The zero-order chi connectivity index (χ0) is 23.2. The molecule has 7 atom stereocenters. The van der Waals surface area contributed by atoms with Crippen LogP contribution in [0.1, 0.15) is 34.6 Å². The highest BCUT2D eigenvalue weighted by atomic mass is 35.5. The van der Waals surface area contributed by atoms with Crippen molar-refractivity contribution in [2.45, 2.75) is 52.4 Å². The van der Waals surface area contributed by atoms with Crippen molar-refractivity contribution in [2.75, 3.05) is 0 Å². The van der Waals surface area contributed by atoms with Crippen LogP contribution in [0.15, 0.2) is 46.4 Å². The van der Waals surface area contributed by atoms with E-state index in [2.05, 4.69) is 0 Å². The number of aliphatic hydroxyl groups excluding tert-OH is 2. The Bertz CT molecular complexity index is 940. The van der Waals surface area contributed by atoms with Gasteiger partial charge in [0.05, 0.1) is 29.4 Å². The first-order chi connectivity index (χ1) is 14.4. The summed E-state index contributed by atoms with van der Waals surface area (Å²) in [5.74, 6) is -4.62. The molecule has 8 heteroatoms. The summed E-state index contributed by atoms with van der Waals surface area (Å²) in [6.07, 6.45) is 4.87. The Balaban J connectivity index is 2.03. The third kappa shape index (κ3) is 3.90. The van der Waals surface area contributed by atoms with Crippen molar-refractivity contribution in [3.8, 4) is 0 Å². The standard InChI is InChI=1S/C23H27ClO7/c1-10(12(3)25)6-7-14-8-15-16(9-30-14)18-17(20(27)11(2)13(4)26)22(29)31-23(18,5)21(28)19(15)24/h6-13,17-18,25-26H,1-5H3/b7-6+/t10-,11+,12-,13+,17-,18-,23-/m1/s1. The molecule has 0 amide bonds. The summed E-state index contributed by atoms with van der Waals surface area (Å²) in [6.45, 7) is 7.96. The Morgan fingerprint density at radius 3 is 2.42 bits per heavy atom. The van der Waals surface area contributed by atoms with E-state index in [0.29, 0.717) is 16.9 Å². The summed E-state index contributed by atoms with van der Waals surface area (Å²) in [4.78, 5) is 38.8. The lowest BCUT2D eigenvalue weighted by Crippen LogP contribution is -2.48. The molecule has 2 aliphatic heterocycles. The topological polar surface area (TPSA) is 110 Å². The number of Topliss-reactive ketones (excluding diaryl/α,β-unsaturated/α-hetero) is 2. The van der Waals surface area contributed by atoms with Crippen molar-refractivity contribution >= 4 is 29.1 Å². The highest BCUT2D eigenvalue weighted by Gasteiger charge is 2.64. The summed E-state index contributed by atoms with van der Waals surface area (Å²) < 4.78 is 11.1. The van der Waals surface area contributed by atoms with Gasteiger partial charge in [-0.05, 0) is 32.9 Å². The summed E-state index contributed by atoms with van der Waals surface area (Å²) in [6, 6.07) is 0. The van der Waals surface area contributed by atoms with E-state index in [9.17, 15) is 24.6 Å². The second-order valence-corrected chi connectivity index (χ2v) is 9.05. The van der Waals surface area contributed by atoms with Crippen LogP contribution < -0.4 is 0 Å². The second-order valence-electron chi connectivity index (χ2n) is 8.67. The average molecular weight is 451 g/mol. The molecule has 3 aliphatic rings. The van der Waals surface area contributed by atoms with E-state index in [0.717, 1.165) is 0 Å². The van der Waals surface area contributed by atoms with Crippen molar-refractivity contribution in [1.82, 2.24) is 0 Å². The Morgan fingerprint density at radius 2 is 1.84 bits per heavy atom. The molecule has 2 N–H and O–H groups in total. The largest absolute Gasteiger partial charge is 0.465 e. The van der Waals surface area contributed by atoms with Crippen LogP contribution in [-0.4, -0.2) is 45.6 Å². The minimum atomic E-state index is -1.63. The highest BCUT2D eigenvalue weighted by molar-refractivity contribution is 6.45.